The van der Waals surface area contributed by atoms with E-state index in [0.717, 1.165) is 170 Å². The number of aliphatic hydroxyl groups excluding tert-OH is 1. The molecule has 143 heavy (non-hydrogen) atoms. The minimum Gasteiger partial charge on any atom is -0.466 e. The number of fused-ring (bicyclic) bond motifs is 17. The van der Waals surface area contributed by atoms with Crippen molar-refractivity contribution < 1.29 is 110 Å². The first-order valence-corrected chi connectivity index (χ1v) is 51.6. The summed E-state index contributed by atoms with van der Waals surface area (Å²) in [4.78, 5) is 110. The van der Waals surface area contributed by atoms with Gasteiger partial charge in [-0.3, -0.25) is 9.80 Å². The molecule has 0 heterocycles. The van der Waals surface area contributed by atoms with E-state index in [1.54, 1.807) is 95.7 Å². The molecule has 7 fully saturated rings. The number of rotatable bonds is 43. The van der Waals surface area contributed by atoms with Gasteiger partial charge >= 0.3 is 59.7 Å². The van der Waals surface area contributed by atoms with Crippen molar-refractivity contribution in [2.45, 2.75) is 179 Å². The molecule has 18 atom stereocenters. The van der Waals surface area contributed by atoms with Crippen LogP contribution in [-0.4, -0.2) is 224 Å². The van der Waals surface area contributed by atoms with Gasteiger partial charge < -0.3 is 61.9 Å². The fourth-order valence-electron chi connectivity index (χ4n) is 19.5. The zero-order valence-corrected chi connectivity index (χ0v) is 87.1. The maximum atomic E-state index is 10.8. The third kappa shape index (κ3) is 56.3. The maximum Gasteiger partial charge on any atom is 0.333 e. The lowest BCUT2D eigenvalue weighted by Gasteiger charge is -2.23. The van der Waals surface area contributed by atoms with Crippen LogP contribution in [0.4, 0.5) is 0 Å². The number of allylic oxidation sites excluding steroid dienone is 11. The molecule has 0 aromatic heterocycles. The van der Waals surface area contributed by atoms with Gasteiger partial charge in [0.1, 0.15) is 51.3 Å². The van der Waals surface area contributed by atoms with E-state index in [2.05, 4.69) is 182 Å². The fraction of sp³-hybridized carbons (Fsp3) is 0.538. The summed E-state index contributed by atoms with van der Waals surface area (Å²) in [5, 5.41) is 9.60. The summed E-state index contributed by atoms with van der Waals surface area (Å²) in [6, 6.07) is 0. The molecule has 0 aliphatic heterocycles. The van der Waals surface area contributed by atoms with E-state index in [0.29, 0.717) is 96.4 Å². The van der Waals surface area contributed by atoms with Gasteiger partial charge in [0.15, 0.2) is 0 Å². The van der Waals surface area contributed by atoms with Gasteiger partial charge in [0.2, 0.25) is 0 Å². The normalized spacial score (nSPS) is 24.1. The number of hydrogen-bond acceptors (Lipinski definition) is 26. The third-order valence-corrected chi connectivity index (χ3v) is 27.2. The van der Waals surface area contributed by atoms with Crippen LogP contribution in [0.1, 0.15) is 161 Å². The summed E-state index contributed by atoms with van der Waals surface area (Å²) >= 11 is 1.68. The van der Waals surface area contributed by atoms with Gasteiger partial charge in [0.25, 0.3) is 0 Å². The van der Waals surface area contributed by atoms with Crippen molar-refractivity contribution in [3.63, 3.8) is 0 Å². The van der Waals surface area contributed by atoms with Crippen LogP contribution in [0.15, 0.2) is 274 Å². The molecule has 18 unspecified atom stereocenters. The Balaban J connectivity index is 0.000000526. The van der Waals surface area contributed by atoms with Gasteiger partial charge in [0, 0.05) is 132 Å². The highest BCUT2D eigenvalue weighted by Gasteiger charge is 2.49. The molecule has 0 aromatic carbocycles. The second kappa shape index (κ2) is 80.5. The van der Waals surface area contributed by atoms with Crippen molar-refractivity contribution in [1.82, 2.24) is 9.80 Å². The van der Waals surface area contributed by atoms with Crippen molar-refractivity contribution in [2.75, 3.05) is 132 Å². The molecule has 792 valence electrons. The molecule has 0 spiro atoms. The highest BCUT2D eigenvalue weighted by molar-refractivity contribution is 7.99. The molecule has 14 rings (SSSR count). The second-order valence-corrected chi connectivity index (χ2v) is 37.4. The van der Waals surface area contributed by atoms with E-state index in [1.807, 2.05) is 35.3 Å². The molecule has 0 saturated heterocycles. The molecule has 1 N–H and O–H groups in total. The number of nitrogens with zero attached hydrogens (tertiary/aromatic N) is 2. The van der Waals surface area contributed by atoms with Crippen LogP contribution in [-0.2, 0) is 105 Å². The Hall–Kier alpha value is -10.9. The highest BCUT2D eigenvalue weighted by Crippen LogP contribution is 2.58. The van der Waals surface area contributed by atoms with Crippen LogP contribution in [0.25, 0.3) is 0 Å². The quantitative estimate of drug-likeness (QED) is 0.0195. The minimum absolute atomic E-state index is 0.00880. The Bertz CT molecular complexity index is 4060. The van der Waals surface area contributed by atoms with Crippen LogP contribution in [0, 0.1) is 88.8 Å². The molecule has 25 nitrogen and oxygen atoms in total. The van der Waals surface area contributed by atoms with Crippen molar-refractivity contribution >= 4 is 71.5 Å². The van der Waals surface area contributed by atoms with Crippen LogP contribution in [0.3, 0.4) is 0 Å². The highest BCUT2D eigenvalue weighted by atomic mass is 32.2. The number of carbonyl (C=O) groups is 10. The first-order valence-electron chi connectivity index (χ1n) is 50.5. The molecule has 7 saturated carbocycles. The summed E-state index contributed by atoms with van der Waals surface area (Å²) in [5.74, 6) is 13.0. The number of ether oxygens (including phenoxy) is 12. The van der Waals surface area contributed by atoms with Crippen molar-refractivity contribution in [2.24, 2.45) is 88.8 Å². The van der Waals surface area contributed by atoms with Crippen LogP contribution >= 0.6 is 11.8 Å². The fourth-order valence-corrected chi connectivity index (χ4v) is 20.1. The molecule has 0 amide bonds. The number of carbonyl (C=O) groups excluding carboxylic acids is 10. The van der Waals surface area contributed by atoms with E-state index in [9.17, 15) is 53.1 Å². The first kappa shape index (κ1) is 128. The SMILES string of the molecule is C1=CC2C3CCC(C3)C2C1.C1=CC2C3CCC(C3)C2C1.C1=CC2C3CCC(C3)C2C1.C=C(C)C(=O)OCCOC.C=CC(=O)OC.C=CC(=O)OC1C=CCC1.C=CC(=O)OC1C=CCCC1.C=CC(=O)OCC1CC2C=CC1C2.C=CC(=O)OCCC1=CCCCC1.C=CC(=O)OCCOC.C=CCN(CC=C)CC(O)COC(=O)C=C.C=CCN(CC=C)CCOC(=O)C=C.C=CCSCCOC(=O)C=C. The lowest BCUT2D eigenvalue weighted by atomic mass is 9.82. The predicted molar refractivity (Wildman–Crippen MR) is 572 cm³/mol. The average molecular weight is 2000 g/mol. The van der Waals surface area contributed by atoms with Gasteiger partial charge in [-0.2, -0.15) is 11.8 Å². The molecule has 8 bridgehead atoms. The molecule has 14 aliphatic rings. The standard InChI is InChI=1S/C12H19NO3.C11H17NO2.C11H14O2.C11H16O2.3C10H14.C9H12O2.C8H12O2S.C8H10O2.C7H12O3.C6H10O3.C4H6O2/c1-4-7-13(8-5-2)9-11(14)10-16-12(15)6-3;1-4-7-12(8-5-2)9-10-14-11(13)6-3;1-2-11(12)13-7-10-6-8-3-4-9(10)5-8;1-2-11(12)13-9-8-10-6-4-3-5-7-10;3*1-2-9-7-4-5-8(6-7)10(9)3-1;1-2-9(10)11-8-6-4-3-5-7-8;1-3-6-11-7-5-10-8(9)4-2;1-2-8(9)10-7-5-3-4-6-7;1-6(2)7(8)10-5-4-9-3;1-3-6(7)9-5-4-8-2;1-3-4(5)6-2/h4-6,11,14H,1-3,7-10H2;4-6H,1-3,7-10H2;2-4,8-10H,1,5-7H2;2,6H,1,3-5,7-9H2;3*1-2,7-10H,3-6H2;2,4,6,8H,1,3,5,7H2;3-4H,1-2,5-7H2;2-3,5,7H,1,4,6H2;1,4-5H2,2-3H3;3H,1,4-5H2,2H3;3H,1H2,2H3. The van der Waals surface area contributed by atoms with Crippen molar-refractivity contribution in [1.29, 1.82) is 0 Å². The number of aliphatic hydroxyl groups is 1. The van der Waals surface area contributed by atoms with E-state index >= 15 is 0 Å². The Morgan fingerprint density at radius 3 is 1.23 bits per heavy atom. The average Bonchev–Trinajstić information content (AvgIpc) is 1.63. The van der Waals surface area contributed by atoms with Crippen molar-refractivity contribution in [3.05, 3.63) is 274 Å². The van der Waals surface area contributed by atoms with Crippen molar-refractivity contribution in [3.8, 4) is 0 Å². The Labute approximate surface area is 859 Å². The zero-order chi connectivity index (χ0) is 106. The molecular formula is C117H170N2O23S. The number of hydrogen-bond donors (Lipinski definition) is 1. The number of thioether (sulfide) groups is 1. The Morgan fingerprint density at radius 2 is 0.846 bits per heavy atom. The molecule has 26 heteroatoms. The molecule has 0 radical (unpaired) electrons. The summed E-state index contributed by atoms with van der Waals surface area (Å²) in [6.07, 6.45) is 79.6. The first-order chi connectivity index (χ1) is 69.1. The maximum absolute atomic E-state index is 10.8. The lowest BCUT2D eigenvalue weighted by Crippen LogP contribution is -2.35. The monoisotopic (exact) mass is 2000 g/mol. The van der Waals surface area contributed by atoms with E-state index in [1.165, 1.54) is 114 Å². The summed E-state index contributed by atoms with van der Waals surface area (Å²) in [6.45, 7) is 59.9. The van der Waals surface area contributed by atoms with E-state index < -0.39 is 24.0 Å². The Morgan fingerprint density at radius 1 is 0.413 bits per heavy atom. The minimum atomic E-state index is -0.719. The van der Waals surface area contributed by atoms with E-state index in [-0.39, 0.29) is 60.6 Å². The van der Waals surface area contributed by atoms with Crippen LogP contribution in [0.2, 0.25) is 0 Å². The summed E-state index contributed by atoms with van der Waals surface area (Å²) < 4.78 is 56.8. The predicted octanol–water partition coefficient (Wildman–Crippen LogP) is 20.9. The molecule has 0 aromatic rings. The largest absolute Gasteiger partial charge is 0.466 e. The van der Waals surface area contributed by atoms with Gasteiger partial charge in [-0.05, 0) is 256 Å². The van der Waals surface area contributed by atoms with E-state index in [4.69, 9.17) is 33.2 Å². The number of esters is 10. The van der Waals surface area contributed by atoms with Gasteiger partial charge in [-0.25, -0.2) is 47.9 Å². The summed E-state index contributed by atoms with van der Waals surface area (Å²) in [5.41, 5.74) is 1.85. The zero-order valence-electron chi connectivity index (χ0n) is 86.3. The smallest absolute Gasteiger partial charge is 0.333 e. The topological polar surface area (TPSA) is 308 Å². The Kier molecular flexibility index (Phi) is 72.1. The second-order valence-electron chi connectivity index (χ2n) is 36.3. The lowest BCUT2D eigenvalue weighted by molar-refractivity contribution is -0.142. The third-order valence-electron chi connectivity index (χ3n) is 26.3. The van der Waals surface area contributed by atoms with Gasteiger partial charge in [0.05, 0.1) is 33.5 Å². The van der Waals surface area contributed by atoms with Gasteiger partial charge in [-0.1, -0.05) is 169 Å². The molecular weight excluding hydrogens is 1830 g/mol. The van der Waals surface area contributed by atoms with Gasteiger partial charge in [-0.15, -0.1) is 32.9 Å². The molecule has 14 aliphatic carbocycles. The number of methoxy groups -OCH3 is 3. The van der Waals surface area contributed by atoms with Crippen LogP contribution in [0.5, 0.6) is 0 Å². The van der Waals surface area contributed by atoms with Crippen LogP contribution < -0.4 is 0 Å². The summed E-state index contributed by atoms with van der Waals surface area (Å²) in [7, 11) is 4.40.